The van der Waals surface area contributed by atoms with Crippen LogP contribution in [0.4, 0.5) is 5.69 Å². The first-order chi connectivity index (χ1) is 12.9. The predicted octanol–water partition coefficient (Wildman–Crippen LogP) is 3.88. The number of aliphatic hydroxyl groups excluding tert-OH is 1. The second kappa shape index (κ2) is 8.87. The molecule has 1 aliphatic heterocycles. The van der Waals surface area contributed by atoms with Crippen LogP contribution in [0.25, 0.3) is 0 Å². The summed E-state index contributed by atoms with van der Waals surface area (Å²) >= 11 is 9.41. The molecule has 27 heavy (non-hydrogen) atoms. The van der Waals surface area contributed by atoms with Crippen molar-refractivity contribution >= 4 is 45.0 Å². The number of amides is 2. The van der Waals surface area contributed by atoms with Crippen LogP contribution >= 0.6 is 27.5 Å². The van der Waals surface area contributed by atoms with Crippen molar-refractivity contribution in [3.05, 3.63) is 63.1 Å². The van der Waals surface area contributed by atoms with E-state index >= 15 is 0 Å². The summed E-state index contributed by atoms with van der Waals surface area (Å²) in [7, 11) is 0. The molecule has 0 unspecified atom stereocenters. The van der Waals surface area contributed by atoms with Gasteiger partial charge in [-0.05, 0) is 48.7 Å². The Hall–Kier alpha value is -1.89. The molecule has 5 nitrogen and oxygen atoms in total. The molecule has 3 rings (SSSR count). The predicted molar refractivity (Wildman–Crippen MR) is 109 cm³/mol. The lowest BCUT2D eigenvalue weighted by molar-refractivity contribution is -0.132. The van der Waals surface area contributed by atoms with E-state index in [0.717, 1.165) is 10.0 Å². The molecule has 0 atom stereocenters. The Morgan fingerprint density at radius 1 is 1.15 bits per heavy atom. The molecule has 1 heterocycles. The summed E-state index contributed by atoms with van der Waals surface area (Å²) in [4.78, 5) is 26.5. The first-order valence-corrected chi connectivity index (χ1v) is 9.90. The number of anilines is 1. The number of hydrogen-bond donors (Lipinski definition) is 2. The zero-order valence-corrected chi connectivity index (χ0v) is 17.0. The van der Waals surface area contributed by atoms with Crippen LogP contribution < -0.4 is 5.32 Å². The van der Waals surface area contributed by atoms with E-state index in [9.17, 15) is 14.7 Å². The number of likely N-dealkylation sites (tertiary alicyclic amines) is 1. The zero-order valence-electron chi connectivity index (χ0n) is 14.6. The van der Waals surface area contributed by atoms with Crippen molar-refractivity contribution in [2.75, 3.05) is 18.4 Å². The number of piperidine rings is 1. The van der Waals surface area contributed by atoms with Gasteiger partial charge >= 0.3 is 0 Å². The molecule has 2 aromatic rings. The second-order valence-corrected chi connectivity index (χ2v) is 7.89. The van der Waals surface area contributed by atoms with E-state index in [1.165, 1.54) is 0 Å². The van der Waals surface area contributed by atoms with Crippen LogP contribution in [0, 0.1) is 0 Å². The minimum atomic E-state index is -0.296. The van der Waals surface area contributed by atoms with Crippen LogP contribution in [0.15, 0.2) is 46.9 Å². The van der Waals surface area contributed by atoms with Gasteiger partial charge in [0.1, 0.15) is 0 Å². The number of aliphatic hydroxyl groups is 1. The third-order valence-corrected chi connectivity index (χ3v) is 5.38. The maximum atomic E-state index is 12.4. The van der Waals surface area contributed by atoms with Crippen molar-refractivity contribution in [1.29, 1.82) is 0 Å². The third-order valence-electron chi connectivity index (χ3n) is 4.56. The Kier molecular flexibility index (Phi) is 6.52. The van der Waals surface area contributed by atoms with Crippen molar-refractivity contribution in [1.82, 2.24) is 4.90 Å². The first-order valence-electron chi connectivity index (χ1n) is 8.73. The smallest absolute Gasteiger partial charge is 0.257 e. The molecule has 1 saturated heterocycles. The molecule has 0 saturated carbocycles. The summed E-state index contributed by atoms with van der Waals surface area (Å²) in [5.41, 5.74) is 1.90. The van der Waals surface area contributed by atoms with E-state index in [0.29, 0.717) is 48.6 Å². The van der Waals surface area contributed by atoms with E-state index in [1.54, 1.807) is 35.2 Å². The molecule has 7 heteroatoms. The van der Waals surface area contributed by atoms with Crippen LogP contribution in [0.2, 0.25) is 5.02 Å². The topological polar surface area (TPSA) is 69.6 Å². The lowest BCUT2D eigenvalue weighted by Crippen LogP contribution is -2.40. The first kappa shape index (κ1) is 19.9. The van der Waals surface area contributed by atoms with Crippen LogP contribution in [0.5, 0.6) is 0 Å². The van der Waals surface area contributed by atoms with E-state index in [1.807, 2.05) is 12.1 Å². The molecule has 0 spiro atoms. The zero-order chi connectivity index (χ0) is 19.4. The van der Waals surface area contributed by atoms with E-state index in [2.05, 4.69) is 21.2 Å². The fourth-order valence-corrected chi connectivity index (χ4v) is 3.54. The maximum absolute atomic E-state index is 12.4. The molecule has 0 bridgehead atoms. The summed E-state index contributed by atoms with van der Waals surface area (Å²) in [6.45, 7) is 1.20. The summed E-state index contributed by atoms with van der Waals surface area (Å²) in [6, 6.07) is 12.3. The number of carbonyl (C=O) groups excluding carboxylic acids is 2. The molecule has 0 radical (unpaired) electrons. The summed E-state index contributed by atoms with van der Waals surface area (Å²) in [5, 5.41) is 12.7. The molecule has 2 aromatic carbocycles. The van der Waals surface area contributed by atoms with Gasteiger partial charge < -0.3 is 15.3 Å². The highest BCUT2D eigenvalue weighted by molar-refractivity contribution is 9.10. The summed E-state index contributed by atoms with van der Waals surface area (Å²) in [6.07, 6.45) is 1.28. The Labute approximate surface area is 171 Å². The number of nitrogens with zero attached hydrogens (tertiary/aromatic N) is 1. The third kappa shape index (κ3) is 5.31. The van der Waals surface area contributed by atoms with Crippen LogP contribution in [0.3, 0.4) is 0 Å². The molecule has 1 fully saturated rings. The van der Waals surface area contributed by atoms with Gasteiger partial charge in [-0.25, -0.2) is 0 Å². The molecular formula is C20H20BrClN2O3. The number of hydrogen-bond acceptors (Lipinski definition) is 3. The fraction of sp³-hybridized carbons (Fsp3) is 0.300. The molecule has 2 N–H and O–H groups in total. The van der Waals surface area contributed by atoms with E-state index in [-0.39, 0.29) is 17.9 Å². The van der Waals surface area contributed by atoms with Gasteiger partial charge in [0.15, 0.2) is 0 Å². The summed E-state index contributed by atoms with van der Waals surface area (Å²) < 4.78 is 0.774. The van der Waals surface area contributed by atoms with Crippen molar-refractivity contribution in [2.45, 2.75) is 25.4 Å². The summed E-state index contributed by atoms with van der Waals surface area (Å²) in [5.74, 6) is -0.239. The second-order valence-electron chi connectivity index (χ2n) is 6.56. The molecule has 142 valence electrons. The van der Waals surface area contributed by atoms with Crippen LogP contribution in [-0.4, -0.2) is 41.0 Å². The number of halogens is 2. The standard InChI is InChI=1S/C20H20BrClN2O3/c21-14-3-6-18(22)17(12-14)20(27)23-15-4-1-13(2-5-15)11-19(26)24-9-7-16(25)8-10-24/h1-6,12,16,25H,7-11H2,(H,23,27). The normalized spacial score (nSPS) is 14.9. The van der Waals surface area contributed by atoms with Gasteiger partial charge in [0.2, 0.25) is 5.91 Å². The van der Waals surface area contributed by atoms with Crippen LogP contribution in [0.1, 0.15) is 28.8 Å². The monoisotopic (exact) mass is 450 g/mol. The largest absolute Gasteiger partial charge is 0.393 e. The lowest BCUT2D eigenvalue weighted by atomic mass is 10.1. The lowest BCUT2D eigenvalue weighted by Gasteiger charge is -2.29. The molecule has 0 aliphatic carbocycles. The number of nitrogens with one attached hydrogen (secondary N) is 1. The van der Waals surface area contributed by atoms with Gasteiger partial charge in [0, 0.05) is 23.2 Å². The van der Waals surface area contributed by atoms with Crippen molar-refractivity contribution in [2.24, 2.45) is 0 Å². The minimum absolute atomic E-state index is 0.0552. The highest BCUT2D eigenvalue weighted by Gasteiger charge is 2.21. The molecule has 0 aromatic heterocycles. The van der Waals surface area contributed by atoms with Gasteiger partial charge in [-0.15, -0.1) is 0 Å². The number of rotatable bonds is 4. The van der Waals surface area contributed by atoms with Gasteiger partial charge in [0.05, 0.1) is 23.1 Å². The molecular weight excluding hydrogens is 432 g/mol. The van der Waals surface area contributed by atoms with E-state index < -0.39 is 0 Å². The highest BCUT2D eigenvalue weighted by Crippen LogP contribution is 2.22. The van der Waals surface area contributed by atoms with Gasteiger partial charge in [-0.3, -0.25) is 9.59 Å². The maximum Gasteiger partial charge on any atom is 0.257 e. The Morgan fingerprint density at radius 2 is 1.81 bits per heavy atom. The van der Waals surface area contributed by atoms with Crippen LogP contribution in [-0.2, 0) is 11.2 Å². The van der Waals surface area contributed by atoms with Crippen molar-refractivity contribution < 1.29 is 14.7 Å². The number of carbonyl (C=O) groups is 2. The van der Waals surface area contributed by atoms with E-state index in [4.69, 9.17) is 11.6 Å². The minimum Gasteiger partial charge on any atom is -0.393 e. The van der Waals surface area contributed by atoms with Crippen molar-refractivity contribution in [3.8, 4) is 0 Å². The number of benzene rings is 2. The average Bonchev–Trinajstić information content (AvgIpc) is 2.65. The Bertz CT molecular complexity index is 834. The highest BCUT2D eigenvalue weighted by atomic mass is 79.9. The molecule has 2 amide bonds. The average molecular weight is 452 g/mol. The van der Waals surface area contributed by atoms with Gasteiger partial charge in [-0.2, -0.15) is 0 Å². The molecule has 1 aliphatic rings. The Balaban J connectivity index is 1.59. The Morgan fingerprint density at radius 3 is 2.48 bits per heavy atom. The van der Waals surface area contributed by atoms with Gasteiger partial charge in [0.25, 0.3) is 5.91 Å². The fourth-order valence-electron chi connectivity index (χ4n) is 2.98. The van der Waals surface area contributed by atoms with Gasteiger partial charge in [-0.1, -0.05) is 39.7 Å². The van der Waals surface area contributed by atoms with Crippen molar-refractivity contribution in [3.63, 3.8) is 0 Å². The SMILES string of the molecule is O=C(Nc1ccc(CC(=O)N2CCC(O)CC2)cc1)c1cc(Br)ccc1Cl. The quantitative estimate of drug-likeness (QED) is 0.741.